The lowest BCUT2D eigenvalue weighted by Gasteiger charge is -2.30. The Hall–Kier alpha value is -0.800. The van der Waals surface area contributed by atoms with E-state index in [9.17, 15) is 15.3 Å². The van der Waals surface area contributed by atoms with E-state index in [-0.39, 0.29) is 13.2 Å². The number of hydrogen-bond donors (Lipinski definition) is 19. The van der Waals surface area contributed by atoms with Crippen molar-refractivity contribution < 1.29 is 102 Å². The van der Waals surface area contributed by atoms with Crippen LogP contribution in [0.3, 0.4) is 0 Å². The standard InChI is InChI=1S/C8H16O5.3C6H14O5/c9-3-5-4-13-2-1-6(10)8(12)7(5)11;3*1-3(8)5(10)6(11)4(9)2-7/h5-12H,1-4H2;3*3-11H,2H2,1H3. The fraction of sp³-hybridized carbons (Fsp3) is 1.00. The molecule has 1 heterocycles. The van der Waals surface area contributed by atoms with Crippen LogP contribution in [-0.2, 0) is 4.74 Å². The molecular formula is C26H58O20. The molecule has 0 aromatic carbocycles. The molecule has 1 saturated heterocycles. The van der Waals surface area contributed by atoms with Gasteiger partial charge in [0, 0.05) is 12.5 Å². The molecule has 20 nitrogen and oxygen atoms in total. The van der Waals surface area contributed by atoms with Gasteiger partial charge in [-0.3, -0.25) is 0 Å². The van der Waals surface area contributed by atoms with Gasteiger partial charge in [0.25, 0.3) is 0 Å². The minimum absolute atomic E-state index is 0.210. The van der Waals surface area contributed by atoms with Gasteiger partial charge in [0.15, 0.2) is 0 Å². The molecule has 19 N–H and O–H groups in total. The van der Waals surface area contributed by atoms with Crippen LogP contribution < -0.4 is 0 Å². The lowest BCUT2D eigenvalue weighted by Crippen LogP contribution is -2.46. The van der Waals surface area contributed by atoms with Gasteiger partial charge in [0.1, 0.15) is 61.0 Å². The van der Waals surface area contributed by atoms with Crippen LogP contribution in [0.2, 0.25) is 0 Å². The molecule has 1 aliphatic heterocycles. The summed E-state index contributed by atoms with van der Waals surface area (Å²) in [6, 6.07) is 0. The molecule has 0 aromatic rings. The van der Waals surface area contributed by atoms with Gasteiger partial charge in [-0.25, -0.2) is 0 Å². The summed E-state index contributed by atoms with van der Waals surface area (Å²) in [5, 5.41) is 168. The third kappa shape index (κ3) is 19.9. The summed E-state index contributed by atoms with van der Waals surface area (Å²) in [5.74, 6) is -0.523. The monoisotopic (exact) mass is 690 g/mol. The van der Waals surface area contributed by atoms with E-state index in [1.165, 1.54) is 20.8 Å². The topological polar surface area (TPSA) is 394 Å². The van der Waals surface area contributed by atoms with E-state index in [1.807, 2.05) is 0 Å². The average Bonchev–Trinajstić information content (AvgIpc) is 3.04. The van der Waals surface area contributed by atoms with Crippen LogP contribution in [-0.4, -0.2) is 228 Å². The van der Waals surface area contributed by atoms with Crippen molar-refractivity contribution in [1.29, 1.82) is 0 Å². The fourth-order valence-corrected chi connectivity index (χ4v) is 3.24. The summed E-state index contributed by atoms with van der Waals surface area (Å²) in [6.45, 7) is 2.17. The van der Waals surface area contributed by atoms with Crippen LogP contribution in [0.25, 0.3) is 0 Å². The van der Waals surface area contributed by atoms with Gasteiger partial charge >= 0.3 is 0 Å². The smallest absolute Gasteiger partial charge is 0.110 e. The molecule has 1 aliphatic rings. The number of ether oxygens (including phenoxy) is 1. The Morgan fingerprint density at radius 2 is 0.804 bits per heavy atom. The van der Waals surface area contributed by atoms with Crippen molar-refractivity contribution >= 4 is 0 Å². The van der Waals surface area contributed by atoms with Gasteiger partial charge in [-0.1, -0.05) is 0 Å². The maximum atomic E-state index is 9.46. The zero-order chi connectivity index (χ0) is 36.9. The quantitative estimate of drug-likeness (QED) is 0.0852. The van der Waals surface area contributed by atoms with E-state index in [4.69, 9.17) is 86.4 Å². The Morgan fingerprint density at radius 1 is 0.500 bits per heavy atom. The highest BCUT2D eigenvalue weighted by molar-refractivity contribution is 4.82. The second-order valence-corrected chi connectivity index (χ2v) is 10.8. The molecule has 282 valence electrons. The highest BCUT2D eigenvalue weighted by Gasteiger charge is 2.33. The number of hydrogen-bond acceptors (Lipinski definition) is 20. The summed E-state index contributed by atoms with van der Waals surface area (Å²) < 4.78 is 5.08. The van der Waals surface area contributed by atoms with Crippen molar-refractivity contribution in [1.82, 2.24) is 0 Å². The predicted octanol–water partition coefficient (Wildman–Crippen LogP) is -9.58. The van der Waals surface area contributed by atoms with E-state index < -0.39 is 117 Å². The Balaban J connectivity index is -0.000000538. The fourth-order valence-electron chi connectivity index (χ4n) is 3.24. The largest absolute Gasteiger partial charge is 0.396 e. The van der Waals surface area contributed by atoms with Crippen molar-refractivity contribution in [2.75, 3.05) is 39.6 Å². The molecule has 20 heteroatoms. The van der Waals surface area contributed by atoms with Gasteiger partial charge in [-0.15, -0.1) is 0 Å². The van der Waals surface area contributed by atoms with Crippen molar-refractivity contribution in [2.45, 2.75) is 119 Å². The molecule has 16 atom stereocenters. The van der Waals surface area contributed by atoms with Gasteiger partial charge in [0.05, 0.1) is 63.6 Å². The van der Waals surface area contributed by atoms with Crippen molar-refractivity contribution in [3.05, 3.63) is 0 Å². The molecule has 0 spiro atoms. The number of aliphatic hydroxyl groups excluding tert-OH is 19. The van der Waals surface area contributed by atoms with Crippen LogP contribution in [0.15, 0.2) is 0 Å². The van der Waals surface area contributed by atoms with Crippen molar-refractivity contribution in [3.63, 3.8) is 0 Å². The average molecular weight is 691 g/mol. The Morgan fingerprint density at radius 3 is 1.04 bits per heavy atom. The van der Waals surface area contributed by atoms with Crippen LogP contribution >= 0.6 is 0 Å². The molecule has 0 radical (unpaired) electrons. The van der Waals surface area contributed by atoms with Crippen LogP contribution in [0.1, 0.15) is 27.2 Å². The Bertz CT molecular complexity index is 626. The normalized spacial score (nSPS) is 28.0. The lowest BCUT2D eigenvalue weighted by atomic mass is 9.94. The molecular weight excluding hydrogens is 632 g/mol. The summed E-state index contributed by atoms with van der Waals surface area (Å²) in [6.07, 6.45) is -19.5. The van der Waals surface area contributed by atoms with E-state index in [0.29, 0.717) is 13.0 Å². The molecule has 16 unspecified atom stereocenters. The van der Waals surface area contributed by atoms with Gasteiger partial charge < -0.3 is 102 Å². The second kappa shape index (κ2) is 27.1. The zero-order valence-corrected chi connectivity index (χ0v) is 26.1. The first kappa shape index (κ1) is 49.6. The second-order valence-electron chi connectivity index (χ2n) is 10.8. The summed E-state index contributed by atoms with van der Waals surface area (Å²) in [7, 11) is 0. The molecule has 46 heavy (non-hydrogen) atoms. The van der Waals surface area contributed by atoms with Crippen LogP contribution in [0.5, 0.6) is 0 Å². The summed E-state index contributed by atoms with van der Waals surface area (Å²) >= 11 is 0. The third-order valence-corrected chi connectivity index (χ3v) is 6.63. The van der Waals surface area contributed by atoms with Crippen molar-refractivity contribution in [3.8, 4) is 0 Å². The molecule has 1 rings (SSSR count). The van der Waals surface area contributed by atoms with Crippen LogP contribution in [0.4, 0.5) is 0 Å². The van der Waals surface area contributed by atoms with E-state index >= 15 is 0 Å². The molecule has 1 fully saturated rings. The third-order valence-electron chi connectivity index (χ3n) is 6.63. The zero-order valence-electron chi connectivity index (χ0n) is 26.1. The molecule has 0 bridgehead atoms. The molecule has 0 amide bonds. The first-order valence-corrected chi connectivity index (χ1v) is 14.4. The Labute approximate surface area is 266 Å². The van der Waals surface area contributed by atoms with Gasteiger partial charge in [-0.05, 0) is 27.2 Å². The minimum Gasteiger partial charge on any atom is -0.396 e. The first-order valence-electron chi connectivity index (χ1n) is 14.4. The van der Waals surface area contributed by atoms with Crippen molar-refractivity contribution in [2.24, 2.45) is 5.92 Å². The van der Waals surface area contributed by atoms with E-state index in [0.717, 1.165) is 0 Å². The summed E-state index contributed by atoms with van der Waals surface area (Å²) in [4.78, 5) is 0. The molecule has 0 aromatic heterocycles. The summed E-state index contributed by atoms with van der Waals surface area (Å²) in [5.41, 5.74) is 0. The van der Waals surface area contributed by atoms with E-state index in [1.54, 1.807) is 0 Å². The highest BCUT2D eigenvalue weighted by Crippen LogP contribution is 2.16. The highest BCUT2D eigenvalue weighted by atomic mass is 16.5. The lowest BCUT2D eigenvalue weighted by molar-refractivity contribution is -0.125. The van der Waals surface area contributed by atoms with Gasteiger partial charge in [0.2, 0.25) is 0 Å². The Kier molecular flexibility index (Phi) is 29.2. The molecule has 0 aliphatic carbocycles. The first-order chi connectivity index (χ1) is 21.2. The SMILES string of the molecule is CC(O)C(O)C(O)C(O)CO.CC(O)C(O)C(O)C(O)CO.CC(O)C(O)C(O)C(O)CO.OCC1COCCC(O)C(O)C1O. The maximum Gasteiger partial charge on any atom is 0.110 e. The van der Waals surface area contributed by atoms with Gasteiger partial charge in [-0.2, -0.15) is 0 Å². The minimum atomic E-state index is -1.51. The number of aliphatic hydroxyl groups is 19. The van der Waals surface area contributed by atoms with Crippen LogP contribution in [0, 0.1) is 5.92 Å². The maximum absolute atomic E-state index is 9.46. The number of rotatable bonds is 13. The predicted molar refractivity (Wildman–Crippen MR) is 154 cm³/mol. The molecule has 0 saturated carbocycles. The van der Waals surface area contributed by atoms with E-state index in [2.05, 4.69) is 0 Å².